The topological polar surface area (TPSA) is 9.34 Å². The molecule has 0 spiro atoms. The molecule has 0 fully saturated rings. The predicted octanol–water partition coefficient (Wildman–Crippen LogP) is 12.4. The van der Waals surface area contributed by atoms with Crippen molar-refractivity contribution in [3.05, 3.63) is 170 Å². The summed E-state index contributed by atoms with van der Waals surface area (Å²) in [4.78, 5) is 0. The van der Waals surface area contributed by atoms with E-state index in [4.69, 9.17) is 0 Å². The Morgan fingerprint density at radius 3 is 1.54 bits per heavy atom. The first-order chi connectivity index (χ1) is 23.9. The van der Waals surface area contributed by atoms with Crippen molar-refractivity contribution in [2.75, 3.05) is 0 Å². The molecule has 0 saturated heterocycles. The molecular formula is C46H28N2. The molecule has 3 aromatic heterocycles. The van der Waals surface area contributed by atoms with Gasteiger partial charge >= 0.3 is 0 Å². The zero-order chi connectivity index (χ0) is 31.3. The van der Waals surface area contributed by atoms with Crippen LogP contribution in [0.1, 0.15) is 0 Å². The lowest BCUT2D eigenvalue weighted by atomic mass is 9.94. The van der Waals surface area contributed by atoms with Crippen molar-refractivity contribution >= 4 is 70.7 Å². The molecule has 11 aromatic rings. The molecule has 0 saturated carbocycles. The van der Waals surface area contributed by atoms with Gasteiger partial charge in [0.2, 0.25) is 0 Å². The minimum atomic E-state index is 1.16. The van der Waals surface area contributed by atoms with Crippen LogP contribution in [0.5, 0.6) is 0 Å². The van der Waals surface area contributed by atoms with Crippen LogP contribution in [0.2, 0.25) is 0 Å². The second kappa shape index (κ2) is 9.57. The fourth-order valence-electron chi connectivity index (χ4n) is 8.51. The highest BCUT2D eigenvalue weighted by atomic mass is 15.0. The van der Waals surface area contributed by atoms with Gasteiger partial charge in [0.1, 0.15) is 0 Å². The largest absolute Gasteiger partial charge is 0.309 e. The summed E-state index contributed by atoms with van der Waals surface area (Å²) in [5.74, 6) is 0. The van der Waals surface area contributed by atoms with Crippen LogP contribution in [0.25, 0.3) is 98.6 Å². The Kier molecular flexibility index (Phi) is 5.14. The van der Waals surface area contributed by atoms with E-state index >= 15 is 0 Å². The summed E-state index contributed by atoms with van der Waals surface area (Å²) < 4.78 is 5.02. The third-order valence-corrected chi connectivity index (χ3v) is 10.4. The van der Waals surface area contributed by atoms with Gasteiger partial charge in [-0.1, -0.05) is 146 Å². The van der Waals surface area contributed by atoms with E-state index in [0.29, 0.717) is 0 Å². The lowest BCUT2D eigenvalue weighted by molar-refractivity contribution is 1.19. The molecule has 0 aliphatic carbocycles. The normalized spacial score (nSPS) is 12.2. The Labute approximate surface area is 276 Å². The van der Waals surface area contributed by atoms with Gasteiger partial charge in [-0.2, -0.15) is 0 Å². The monoisotopic (exact) mass is 608 g/mol. The van der Waals surface area contributed by atoms with E-state index < -0.39 is 0 Å². The summed E-state index contributed by atoms with van der Waals surface area (Å²) in [6.07, 6.45) is 0. The van der Waals surface area contributed by atoms with E-state index in [1.165, 1.54) is 92.9 Å². The summed E-state index contributed by atoms with van der Waals surface area (Å²) in [7, 11) is 0. The Balaban J connectivity index is 1.25. The lowest BCUT2D eigenvalue weighted by Crippen LogP contribution is -1.95. The fraction of sp³-hybridized carbons (Fsp3) is 0. The van der Waals surface area contributed by atoms with Gasteiger partial charge in [-0.15, -0.1) is 0 Å². The highest BCUT2D eigenvalue weighted by molar-refractivity contribution is 6.39. The molecular weight excluding hydrogens is 581 g/mol. The smallest absolute Gasteiger partial charge is 0.0627 e. The van der Waals surface area contributed by atoms with E-state index in [-0.39, 0.29) is 0 Å². The second-order valence-electron chi connectivity index (χ2n) is 12.9. The maximum Gasteiger partial charge on any atom is 0.0627 e. The Morgan fingerprint density at radius 1 is 0.292 bits per heavy atom. The number of para-hydroxylation sites is 3. The molecule has 0 radical (unpaired) electrons. The summed E-state index contributed by atoms with van der Waals surface area (Å²) in [6.45, 7) is 0. The maximum atomic E-state index is 2.53. The molecule has 0 aliphatic rings. The van der Waals surface area contributed by atoms with Crippen molar-refractivity contribution in [1.29, 1.82) is 0 Å². The number of fused-ring (bicyclic) bond motifs is 13. The highest BCUT2D eigenvalue weighted by Gasteiger charge is 2.25. The number of aromatic nitrogens is 2. The van der Waals surface area contributed by atoms with Gasteiger partial charge in [0.25, 0.3) is 0 Å². The SMILES string of the molecule is c1ccc(-c2ccccc2-c2ccc(-n3c4ccccc4c4c5c6cccc7c8ccccc8n(c76)c5c5ccccc5c43)cc2)cc1. The average Bonchev–Trinajstić information content (AvgIpc) is 3.81. The Bertz CT molecular complexity index is 3030. The molecule has 0 N–H and O–H groups in total. The highest BCUT2D eigenvalue weighted by Crippen LogP contribution is 2.48. The van der Waals surface area contributed by atoms with Crippen LogP contribution >= 0.6 is 0 Å². The standard InChI is InChI=1S/C46H28N2/c1-2-13-29(14-3-1)32-15-4-5-16-33(32)30-25-27-31(28-26-30)47-41-24-11-9-20-38(41)42-43-39-22-12-21-35-34-17-8-10-23-40(34)48(44(35)39)46(43)37-19-7-6-18-36(37)45(42)47/h1-28H. The third kappa shape index (κ3) is 3.31. The van der Waals surface area contributed by atoms with Gasteiger partial charge in [-0.3, -0.25) is 0 Å². The molecule has 0 bridgehead atoms. The van der Waals surface area contributed by atoms with Crippen molar-refractivity contribution in [1.82, 2.24) is 8.97 Å². The number of nitrogens with zero attached hydrogens (tertiary/aromatic N) is 2. The summed E-state index contributed by atoms with van der Waals surface area (Å²) >= 11 is 0. The van der Waals surface area contributed by atoms with Gasteiger partial charge in [-0.05, 0) is 46.5 Å². The van der Waals surface area contributed by atoms with Gasteiger partial charge in [0, 0.05) is 48.8 Å². The van der Waals surface area contributed by atoms with Gasteiger partial charge in [0.15, 0.2) is 0 Å². The summed E-state index contributed by atoms with van der Waals surface area (Å²) in [5.41, 5.74) is 12.4. The van der Waals surface area contributed by atoms with E-state index in [9.17, 15) is 0 Å². The zero-order valence-corrected chi connectivity index (χ0v) is 26.1. The van der Waals surface area contributed by atoms with Gasteiger partial charge < -0.3 is 8.97 Å². The summed E-state index contributed by atoms with van der Waals surface area (Å²) in [6, 6.07) is 62.2. The maximum absolute atomic E-state index is 2.53. The number of benzene rings is 8. The predicted molar refractivity (Wildman–Crippen MR) is 204 cm³/mol. The van der Waals surface area contributed by atoms with Crippen molar-refractivity contribution in [3.8, 4) is 27.9 Å². The molecule has 3 heterocycles. The second-order valence-corrected chi connectivity index (χ2v) is 12.9. The molecule has 0 aliphatic heterocycles. The number of hydrogen-bond acceptors (Lipinski definition) is 0. The quantitative estimate of drug-likeness (QED) is 0.189. The molecule has 2 heteroatoms. The molecule has 222 valence electrons. The zero-order valence-electron chi connectivity index (χ0n) is 26.1. The van der Waals surface area contributed by atoms with Crippen molar-refractivity contribution in [3.63, 3.8) is 0 Å². The van der Waals surface area contributed by atoms with E-state index in [2.05, 4.69) is 179 Å². The van der Waals surface area contributed by atoms with Crippen molar-refractivity contribution in [2.24, 2.45) is 0 Å². The molecule has 0 amide bonds. The first kappa shape index (κ1) is 25.8. The summed E-state index contributed by atoms with van der Waals surface area (Å²) in [5, 5.41) is 10.4. The number of hydrogen-bond donors (Lipinski definition) is 0. The average molecular weight is 609 g/mol. The first-order valence-corrected chi connectivity index (χ1v) is 16.6. The van der Waals surface area contributed by atoms with Crippen LogP contribution in [-0.4, -0.2) is 8.97 Å². The van der Waals surface area contributed by atoms with E-state index in [1.807, 2.05) is 0 Å². The van der Waals surface area contributed by atoms with Crippen LogP contribution in [-0.2, 0) is 0 Å². The lowest BCUT2D eigenvalue weighted by Gasteiger charge is -2.14. The molecule has 2 nitrogen and oxygen atoms in total. The van der Waals surface area contributed by atoms with Gasteiger partial charge in [0.05, 0.1) is 27.6 Å². The fourth-order valence-corrected chi connectivity index (χ4v) is 8.51. The van der Waals surface area contributed by atoms with Gasteiger partial charge in [-0.25, -0.2) is 0 Å². The third-order valence-electron chi connectivity index (χ3n) is 10.4. The van der Waals surface area contributed by atoms with E-state index in [1.54, 1.807) is 0 Å². The Hall–Kier alpha value is -6.38. The van der Waals surface area contributed by atoms with Crippen LogP contribution in [0.15, 0.2) is 170 Å². The Morgan fingerprint density at radius 2 is 0.792 bits per heavy atom. The minimum absolute atomic E-state index is 1.16. The van der Waals surface area contributed by atoms with E-state index in [0.717, 1.165) is 5.69 Å². The number of rotatable bonds is 3. The van der Waals surface area contributed by atoms with Crippen LogP contribution in [0.4, 0.5) is 0 Å². The molecule has 48 heavy (non-hydrogen) atoms. The van der Waals surface area contributed by atoms with Crippen LogP contribution in [0, 0.1) is 0 Å². The molecule has 0 unspecified atom stereocenters. The molecule has 8 aromatic carbocycles. The molecule has 11 rings (SSSR count). The molecule has 0 atom stereocenters. The van der Waals surface area contributed by atoms with Crippen molar-refractivity contribution < 1.29 is 0 Å². The first-order valence-electron chi connectivity index (χ1n) is 16.6. The van der Waals surface area contributed by atoms with Crippen LogP contribution in [0.3, 0.4) is 0 Å². The van der Waals surface area contributed by atoms with Crippen molar-refractivity contribution in [2.45, 2.75) is 0 Å². The van der Waals surface area contributed by atoms with Crippen LogP contribution < -0.4 is 0 Å². The minimum Gasteiger partial charge on any atom is -0.309 e.